The summed E-state index contributed by atoms with van der Waals surface area (Å²) in [4.78, 5) is 16.7. The molecular formula is C19H29FN6O4S. The molecule has 0 saturated heterocycles. The van der Waals surface area contributed by atoms with Crippen molar-refractivity contribution in [2.75, 3.05) is 19.0 Å². The number of pyridine rings is 1. The largest absolute Gasteiger partial charge is 0.481 e. The molecule has 2 aromatic rings. The van der Waals surface area contributed by atoms with Crippen LogP contribution in [0, 0.1) is 11.7 Å². The average molecular weight is 457 g/mol. The van der Waals surface area contributed by atoms with E-state index >= 15 is 0 Å². The van der Waals surface area contributed by atoms with Gasteiger partial charge >= 0.3 is 0 Å². The maximum Gasteiger partial charge on any atom is 0.226 e. The fourth-order valence-corrected chi connectivity index (χ4v) is 3.57. The molecule has 0 aliphatic heterocycles. The fraction of sp³-hybridized carbons (Fsp3) is 0.579. The van der Waals surface area contributed by atoms with Crippen LogP contribution in [0.4, 0.5) is 10.3 Å². The van der Waals surface area contributed by atoms with Crippen LogP contribution >= 0.6 is 0 Å². The molecule has 0 bridgehead atoms. The van der Waals surface area contributed by atoms with Crippen molar-refractivity contribution in [3.8, 4) is 5.88 Å². The highest BCUT2D eigenvalue weighted by atomic mass is 32.2. The Balaban J connectivity index is 2.33. The maximum absolute atomic E-state index is 14.4. The molecule has 0 radical (unpaired) electrons. The van der Waals surface area contributed by atoms with E-state index in [4.69, 9.17) is 9.88 Å². The molecule has 0 aromatic carbocycles. The number of hydrogen-bond acceptors (Lipinski definition) is 9. The highest BCUT2D eigenvalue weighted by Gasteiger charge is 2.19. The lowest BCUT2D eigenvalue weighted by Crippen LogP contribution is -2.28. The van der Waals surface area contributed by atoms with E-state index in [1.807, 2.05) is 13.8 Å². The van der Waals surface area contributed by atoms with Gasteiger partial charge in [-0.3, -0.25) is 0 Å². The first-order chi connectivity index (χ1) is 14.5. The number of aliphatic hydroxyl groups excluding tert-OH is 1. The van der Waals surface area contributed by atoms with Crippen molar-refractivity contribution < 1.29 is 22.7 Å². The minimum Gasteiger partial charge on any atom is -0.481 e. The zero-order valence-corrected chi connectivity index (χ0v) is 18.9. The lowest BCUT2D eigenvalue weighted by Gasteiger charge is -2.19. The molecule has 10 nitrogen and oxygen atoms in total. The predicted molar refractivity (Wildman–Crippen MR) is 113 cm³/mol. The molecule has 2 atom stereocenters. The first kappa shape index (κ1) is 24.8. The number of aromatic nitrogens is 4. The van der Waals surface area contributed by atoms with Gasteiger partial charge in [-0.25, -0.2) is 27.9 Å². The number of nitrogens with two attached hydrogens (primary N) is 1. The SMILES string of the molecule is COc1cc(F)c([C@H](C)Cc2nc(CS(N)(=O)=O)nc(N[C@@H](CO)CC(C)C)n2)cn1. The zero-order chi connectivity index (χ0) is 23.2. The average Bonchev–Trinajstić information content (AvgIpc) is 2.65. The molecule has 0 fully saturated rings. The molecule has 0 spiro atoms. The van der Waals surface area contributed by atoms with Gasteiger partial charge in [0.25, 0.3) is 0 Å². The van der Waals surface area contributed by atoms with Gasteiger partial charge in [0, 0.05) is 24.2 Å². The second kappa shape index (κ2) is 10.7. The van der Waals surface area contributed by atoms with Gasteiger partial charge in [0.05, 0.1) is 19.8 Å². The minimum atomic E-state index is -3.87. The molecule has 0 saturated carbocycles. The Morgan fingerprint density at radius 2 is 1.90 bits per heavy atom. The van der Waals surface area contributed by atoms with Crippen LogP contribution in [-0.4, -0.2) is 53.2 Å². The number of methoxy groups -OCH3 is 1. The predicted octanol–water partition coefficient (Wildman–Crippen LogP) is 1.37. The van der Waals surface area contributed by atoms with Crippen LogP contribution in [-0.2, 0) is 22.2 Å². The molecule has 0 aliphatic rings. The summed E-state index contributed by atoms with van der Waals surface area (Å²) < 4.78 is 42.4. The van der Waals surface area contributed by atoms with Crippen LogP contribution in [0.1, 0.15) is 50.3 Å². The Labute approximate surface area is 181 Å². The number of sulfonamides is 1. The van der Waals surface area contributed by atoms with E-state index in [0.717, 1.165) is 0 Å². The van der Waals surface area contributed by atoms with Gasteiger partial charge in [-0.15, -0.1) is 0 Å². The van der Waals surface area contributed by atoms with Gasteiger partial charge < -0.3 is 15.2 Å². The first-order valence-electron chi connectivity index (χ1n) is 9.81. The van der Waals surface area contributed by atoms with E-state index in [9.17, 15) is 17.9 Å². The molecule has 2 rings (SSSR count). The number of halogens is 1. The van der Waals surface area contributed by atoms with Crippen LogP contribution in [0.15, 0.2) is 12.3 Å². The fourth-order valence-electron chi connectivity index (χ4n) is 3.08. The van der Waals surface area contributed by atoms with Crippen LogP contribution in [0.2, 0.25) is 0 Å². The highest BCUT2D eigenvalue weighted by Crippen LogP contribution is 2.24. The highest BCUT2D eigenvalue weighted by molar-refractivity contribution is 7.88. The molecule has 0 unspecified atom stereocenters. The summed E-state index contributed by atoms with van der Waals surface area (Å²) in [5, 5.41) is 17.8. The maximum atomic E-state index is 14.4. The van der Waals surface area contributed by atoms with Gasteiger partial charge in [0.2, 0.25) is 21.9 Å². The number of hydrogen-bond donors (Lipinski definition) is 3. The first-order valence-corrected chi connectivity index (χ1v) is 11.5. The van der Waals surface area contributed by atoms with Crippen LogP contribution in [0.5, 0.6) is 5.88 Å². The number of aliphatic hydroxyl groups is 1. The van der Waals surface area contributed by atoms with Crippen molar-refractivity contribution in [2.24, 2.45) is 11.1 Å². The summed E-state index contributed by atoms with van der Waals surface area (Å²) in [6, 6.07) is 0.870. The van der Waals surface area contributed by atoms with Crippen molar-refractivity contribution in [3.05, 3.63) is 35.3 Å². The Hall–Kier alpha value is -2.44. The van der Waals surface area contributed by atoms with E-state index in [1.54, 1.807) is 6.92 Å². The number of ether oxygens (including phenoxy) is 1. The lowest BCUT2D eigenvalue weighted by molar-refractivity contribution is 0.259. The molecular weight excluding hydrogens is 427 g/mol. The van der Waals surface area contributed by atoms with Gasteiger partial charge in [-0.2, -0.15) is 9.97 Å². The summed E-state index contributed by atoms with van der Waals surface area (Å²) in [7, 11) is -2.47. The molecule has 0 amide bonds. The van der Waals surface area contributed by atoms with E-state index in [-0.39, 0.29) is 48.5 Å². The Kier molecular flexibility index (Phi) is 8.60. The van der Waals surface area contributed by atoms with Gasteiger partial charge in [0.15, 0.2) is 5.82 Å². The third kappa shape index (κ3) is 7.96. The Morgan fingerprint density at radius 3 is 2.45 bits per heavy atom. The summed E-state index contributed by atoms with van der Waals surface area (Å²) in [6.07, 6.45) is 2.24. The molecule has 12 heteroatoms. The van der Waals surface area contributed by atoms with E-state index in [0.29, 0.717) is 17.9 Å². The van der Waals surface area contributed by atoms with Crippen LogP contribution in [0.3, 0.4) is 0 Å². The second-order valence-corrected chi connectivity index (χ2v) is 9.42. The number of anilines is 1. The molecule has 172 valence electrons. The molecule has 4 N–H and O–H groups in total. The number of nitrogens with zero attached hydrogens (tertiary/aromatic N) is 4. The van der Waals surface area contributed by atoms with Crippen molar-refractivity contribution in [3.63, 3.8) is 0 Å². The standard InChI is InChI=1S/C19H29FN6O4S/c1-11(2)5-13(9-27)23-19-25-16(24-17(26-19)10-31(21,28)29)6-12(3)14-8-22-18(30-4)7-15(14)20/h7-8,11-13,27H,5-6,9-10H2,1-4H3,(H2,21,28,29)(H,23,24,25,26)/t12-,13-/m1/s1. The molecule has 0 aliphatic carbocycles. The smallest absolute Gasteiger partial charge is 0.226 e. The van der Waals surface area contributed by atoms with Gasteiger partial charge in [-0.05, 0) is 18.3 Å². The Bertz CT molecular complexity index is 989. The van der Waals surface area contributed by atoms with E-state index < -0.39 is 21.6 Å². The second-order valence-electron chi connectivity index (χ2n) is 7.81. The van der Waals surface area contributed by atoms with Crippen molar-refractivity contribution in [1.29, 1.82) is 0 Å². The van der Waals surface area contributed by atoms with Crippen molar-refractivity contribution in [2.45, 2.75) is 51.3 Å². The van der Waals surface area contributed by atoms with Crippen molar-refractivity contribution in [1.82, 2.24) is 19.9 Å². The Morgan fingerprint density at radius 1 is 1.23 bits per heavy atom. The lowest BCUT2D eigenvalue weighted by atomic mass is 9.98. The summed E-state index contributed by atoms with van der Waals surface area (Å²) in [5.41, 5.74) is 0.344. The summed E-state index contributed by atoms with van der Waals surface area (Å²) in [5.74, 6) is -0.580. The van der Waals surface area contributed by atoms with Crippen LogP contribution in [0.25, 0.3) is 0 Å². The zero-order valence-electron chi connectivity index (χ0n) is 18.0. The van der Waals surface area contributed by atoms with E-state index in [2.05, 4.69) is 25.3 Å². The quantitative estimate of drug-likeness (QED) is 0.455. The van der Waals surface area contributed by atoms with Gasteiger partial charge in [0.1, 0.15) is 17.4 Å². The van der Waals surface area contributed by atoms with Crippen molar-refractivity contribution >= 4 is 16.0 Å². The third-order valence-electron chi connectivity index (χ3n) is 4.45. The molecule has 2 heterocycles. The number of nitrogens with one attached hydrogen (secondary N) is 1. The number of primary sulfonamides is 1. The normalized spacial score (nSPS) is 13.8. The topological polar surface area (TPSA) is 153 Å². The minimum absolute atomic E-state index is 0.0308. The monoisotopic (exact) mass is 456 g/mol. The number of rotatable bonds is 11. The summed E-state index contributed by atoms with van der Waals surface area (Å²) in [6.45, 7) is 5.64. The molecule has 31 heavy (non-hydrogen) atoms. The third-order valence-corrected chi connectivity index (χ3v) is 5.11. The van der Waals surface area contributed by atoms with Crippen LogP contribution < -0.4 is 15.2 Å². The summed E-state index contributed by atoms with van der Waals surface area (Å²) >= 11 is 0. The van der Waals surface area contributed by atoms with Gasteiger partial charge in [-0.1, -0.05) is 20.8 Å². The van der Waals surface area contributed by atoms with E-state index in [1.165, 1.54) is 19.4 Å². The molecule has 2 aromatic heterocycles.